The van der Waals surface area contributed by atoms with Gasteiger partial charge in [-0.2, -0.15) is 13.2 Å². The van der Waals surface area contributed by atoms with Gasteiger partial charge in [0.2, 0.25) is 0 Å². The van der Waals surface area contributed by atoms with E-state index in [-0.39, 0.29) is 28.8 Å². The molecular weight excluding hydrogens is 485 g/mol. The number of benzene rings is 2. The number of ether oxygens (including phenoxy) is 1. The number of hydrogen-bond acceptors (Lipinski definition) is 7. The molecule has 1 saturated heterocycles. The van der Waals surface area contributed by atoms with E-state index in [0.717, 1.165) is 37.3 Å². The third kappa shape index (κ3) is 5.12. The number of carbonyl (C=O) groups excluding carboxylic acids is 1. The first kappa shape index (κ1) is 24.7. The fourth-order valence-electron chi connectivity index (χ4n) is 4.67. The molecule has 37 heavy (non-hydrogen) atoms. The van der Waals surface area contributed by atoms with Crippen molar-refractivity contribution < 1.29 is 22.7 Å². The number of carbonyl (C=O) groups is 1. The summed E-state index contributed by atoms with van der Waals surface area (Å²) in [5, 5.41) is 8.36. The lowest BCUT2D eigenvalue weighted by Crippen LogP contribution is -2.56. The Hall–Kier alpha value is -3.99. The van der Waals surface area contributed by atoms with Crippen LogP contribution in [0, 0.1) is 0 Å². The van der Waals surface area contributed by atoms with E-state index < -0.39 is 17.6 Å². The number of nitrogens with one attached hydrogen (secondary N) is 3. The second kappa shape index (κ2) is 9.81. The number of nitrogens with zero attached hydrogens (tertiary/aromatic N) is 3. The van der Waals surface area contributed by atoms with E-state index >= 15 is 0 Å². The summed E-state index contributed by atoms with van der Waals surface area (Å²) in [6, 6.07) is 13.6. The zero-order valence-corrected chi connectivity index (χ0v) is 20.4. The van der Waals surface area contributed by atoms with Crippen molar-refractivity contribution in [3.05, 3.63) is 65.9 Å². The molecule has 0 bridgehead atoms. The van der Waals surface area contributed by atoms with Crippen molar-refractivity contribution >= 4 is 34.5 Å². The van der Waals surface area contributed by atoms with E-state index in [0.29, 0.717) is 12.3 Å². The van der Waals surface area contributed by atoms with Gasteiger partial charge in [-0.25, -0.2) is 4.98 Å². The highest BCUT2D eigenvalue weighted by Crippen LogP contribution is 2.40. The Labute approximate surface area is 212 Å². The smallest absolute Gasteiger partial charge is 0.419 e. The van der Waals surface area contributed by atoms with Gasteiger partial charge in [0.05, 0.1) is 34.2 Å². The van der Waals surface area contributed by atoms with Gasteiger partial charge in [-0.3, -0.25) is 4.79 Å². The SMILES string of the molecule is CNC(=O)c1ccccc1Nc1cc(Nc2ccc3c(c2)OC[C@@H]2CN(C)CCN32)ncc1C(F)(F)F. The first-order valence-electron chi connectivity index (χ1n) is 11.9. The average molecular weight is 513 g/mol. The molecule has 8 nitrogen and oxygen atoms in total. The predicted molar refractivity (Wildman–Crippen MR) is 136 cm³/mol. The van der Waals surface area contributed by atoms with Crippen molar-refractivity contribution in [1.29, 1.82) is 0 Å². The number of alkyl halides is 3. The van der Waals surface area contributed by atoms with E-state index in [4.69, 9.17) is 4.74 Å². The molecule has 2 aliphatic heterocycles. The standard InChI is InChI=1S/C26H27F3N6O2/c1-30-25(36)18-5-3-4-6-20(18)33-21-12-24(31-13-19(21)26(27,28)29)32-16-7-8-22-23(11-16)37-15-17-14-34(2)9-10-35(17)22/h3-8,11-13,17H,9-10,14-15H2,1-2H3,(H,30,36)(H2,31,32,33)/t17-/m0/s1. The summed E-state index contributed by atoms with van der Waals surface area (Å²) < 4.78 is 47.3. The van der Waals surface area contributed by atoms with Crippen LogP contribution in [0.15, 0.2) is 54.7 Å². The summed E-state index contributed by atoms with van der Waals surface area (Å²) in [6.45, 7) is 3.35. The molecule has 2 aliphatic rings. The molecule has 0 unspecified atom stereocenters. The zero-order chi connectivity index (χ0) is 26.2. The lowest BCUT2D eigenvalue weighted by Gasteiger charge is -2.44. The Morgan fingerprint density at radius 1 is 1.08 bits per heavy atom. The van der Waals surface area contributed by atoms with Crippen LogP contribution in [0.5, 0.6) is 5.75 Å². The molecule has 0 radical (unpaired) electrons. The summed E-state index contributed by atoms with van der Waals surface area (Å²) >= 11 is 0. The molecule has 1 aromatic heterocycles. The maximum Gasteiger partial charge on any atom is 0.419 e. The van der Waals surface area contributed by atoms with Crippen LogP contribution in [0.3, 0.4) is 0 Å². The minimum atomic E-state index is -4.64. The molecule has 3 heterocycles. The molecule has 0 saturated carbocycles. The number of anilines is 5. The van der Waals surface area contributed by atoms with Crippen LogP contribution in [0.2, 0.25) is 0 Å². The summed E-state index contributed by atoms with van der Waals surface area (Å²) in [4.78, 5) is 20.8. The molecular formula is C26H27F3N6O2. The normalized spacial score (nSPS) is 17.3. The van der Waals surface area contributed by atoms with Gasteiger partial charge in [-0.1, -0.05) is 12.1 Å². The van der Waals surface area contributed by atoms with Gasteiger partial charge in [0.15, 0.2) is 0 Å². The Morgan fingerprint density at radius 3 is 2.68 bits per heavy atom. The molecule has 11 heteroatoms. The summed E-state index contributed by atoms with van der Waals surface area (Å²) in [7, 11) is 3.55. The van der Waals surface area contributed by atoms with E-state index in [1.165, 1.54) is 19.2 Å². The third-order valence-corrected chi connectivity index (χ3v) is 6.54. The topological polar surface area (TPSA) is 81.8 Å². The van der Waals surface area contributed by atoms with Crippen molar-refractivity contribution in [2.24, 2.45) is 0 Å². The molecule has 0 spiro atoms. The van der Waals surface area contributed by atoms with Crippen molar-refractivity contribution in [2.45, 2.75) is 12.2 Å². The Kier molecular flexibility index (Phi) is 6.55. The summed E-state index contributed by atoms with van der Waals surface area (Å²) in [6.07, 6.45) is -3.87. The number of halogens is 3. The second-order valence-corrected chi connectivity index (χ2v) is 9.09. The largest absolute Gasteiger partial charge is 0.489 e. The number of likely N-dealkylation sites (N-methyl/N-ethyl adjacent to an activating group) is 1. The molecule has 2 aromatic carbocycles. The Bertz CT molecular complexity index is 1320. The van der Waals surface area contributed by atoms with E-state index in [1.54, 1.807) is 18.2 Å². The molecule has 3 aromatic rings. The van der Waals surface area contributed by atoms with Crippen LogP contribution >= 0.6 is 0 Å². The predicted octanol–water partition coefficient (Wildman–Crippen LogP) is 4.46. The van der Waals surface area contributed by atoms with Gasteiger partial charge in [0, 0.05) is 50.7 Å². The highest BCUT2D eigenvalue weighted by molar-refractivity contribution is 6.00. The van der Waals surface area contributed by atoms with Crippen LogP contribution in [0.1, 0.15) is 15.9 Å². The quantitative estimate of drug-likeness (QED) is 0.466. The van der Waals surface area contributed by atoms with Crippen LogP contribution < -0.4 is 25.6 Å². The maximum absolute atomic E-state index is 13.8. The van der Waals surface area contributed by atoms with Crippen molar-refractivity contribution in [3.63, 3.8) is 0 Å². The van der Waals surface area contributed by atoms with Gasteiger partial charge in [-0.15, -0.1) is 0 Å². The highest BCUT2D eigenvalue weighted by Gasteiger charge is 2.35. The van der Waals surface area contributed by atoms with E-state index in [1.807, 2.05) is 18.2 Å². The minimum absolute atomic E-state index is 0.209. The third-order valence-electron chi connectivity index (χ3n) is 6.54. The number of piperazine rings is 1. The van der Waals surface area contributed by atoms with Crippen molar-refractivity contribution in [3.8, 4) is 5.75 Å². The van der Waals surface area contributed by atoms with Gasteiger partial charge in [-0.05, 0) is 31.3 Å². The first-order valence-corrected chi connectivity index (χ1v) is 11.9. The lowest BCUT2D eigenvalue weighted by atomic mass is 10.1. The molecule has 1 atom stereocenters. The fraction of sp³-hybridized carbons (Fsp3) is 0.308. The van der Waals surface area contributed by atoms with E-state index in [9.17, 15) is 18.0 Å². The zero-order valence-electron chi connectivity index (χ0n) is 20.4. The molecule has 3 N–H and O–H groups in total. The lowest BCUT2D eigenvalue weighted by molar-refractivity contribution is -0.137. The molecule has 1 amide bonds. The average Bonchev–Trinajstić information content (AvgIpc) is 2.87. The Balaban J connectivity index is 1.43. The number of aromatic nitrogens is 1. The van der Waals surface area contributed by atoms with Crippen LogP contribution in [-0.4, -0.2) is 62.2 Å². The Morgan fingerprint density at radius 2 is 1.89 bits per heavy atom. The van der Waals surface area contributed by atoms with E-state index in [2.05, 4.69) is 37.8 Å². The van der Waals surface area contributed by atoms with Gasteiger partial charge in [0.25, 0.3) is 5.91 Å². The minimum Gasteiger partial charge on any atom is -0.489 e. The van der Waals surface area contributed by atoms with Crippen LogP contribution in [-0.2, 0) is 6.18 Å². The van der Waals surface area contributed by atoms with Crippen molar-refractivity contribution in [1.82, 2.24) is 15.2 Å². The molecule has 1 fully saturated rings. The number of hydrogen-bond donors (Lipinski definition) is 3. The van der Waals surface area contributed by atoms with Gasteiger partial charge in [0.1, 0.15) is 18.2 Å². The first-order chi connectivity index (χ1) is 17.7. The monoisotopic (exact) mass is 512 g/mol. The van der Waals surface area contributed by atoms with Gasteiger partial charge < -0.3 is 30.5 Å². The maximum atomic E-state index is 13.8. The van der Waals surface area contributed by atoms with Gasteiger partial charge >= 0.3 is 6.18 Å². The van der Waals surface area contributed by atoms with Crippen molar-refractivity contribution in [2.75, 3.05) is 55.9 Å². The fourth-order valence-corrected chi connectivity index (χ4v) is 4.67. The number of amides is 1. The molecule has 5 rings (SSSR count). The number of para-hydroxylation sites is 1. The second-order valence-electron chi connectivity index (χ2n) is 9.09. The summed E-state index contributed by atoms with van der Waals surface area (Å²) in [5.41, 5.74) is 0.932. The summed E-state index contributed by atoms with van der Waals surface area (Å²) in [5.74, 6) is 0.512. The van der Waals surface area contributed by atoms with Crippen LogP contribution in [0.4, 0.5) is 41.7 Å². The number of rotatable bonds is 5. The molecule has 194 valence electrons. The number of pyridine rings is 1. The number of fused-ring (bicyclic) bond motifs is 3. The highest BCUT2D eigenvalue weighted by atomic mass is 19.4. The molecule has 0 aliphatic carbocycles. The van der Waals surface area contributed by atoms with Crippen LogP contribution in [0.25, 0.3) is 0 Å².